The molecule has 0 unspecified atom stereocenters. The normalized spacial score (nSPS) is 38.6. The van der Waals surface area contributed by atoms with Gasteiger partial charge in [-0.15, -0.1) is 0 Å². The molecule has 4 heteroatoms. The average Bonchev–Trinajstić information content (AvgIpc) is 2.66. The van der Waals surface area contributed by atoms with Gasteiger partial charge in [-0.05, 0) is 25.7 Å². The molecule has 2 heterocycles. The monoisotopic (exact) mass is 197 g/mol. The second-order valence-corrected chi connectivity index (χ2v) is 4.51. The van der Waals surface area contributed by atoms with Crippen molar-refractivity contribution in [2.75, 3.05) is 13.7 Å². The maximum Gasteiger partial charge on any atom is 0.313 e. The van der Waals surface area contributed by atoms with E-state index in [-0.39, 0.29) is 23.5 Å². The van der Waals surface area contributed by atoms with Crippen LogP contribution in [0.3, 0.4) is 0 Å². The minimum absolute atomic E-state index is 0.0324. The third kappa shape index (κ3) is 0.982. The van der Waals surface area contributed by atoms with Crippen molar-refractivity contribution >= 4 is 5.97 Å². The van der Waals surface area contributed by atoms with Crippen LogP contribution >= 0.6 is 0 Å². The summed E-state index contributed by atoms with van der Waals surface area (Å²) in [5.41, 5.74) is -0.168. The molecule has 0 radical (unpaired) electrons. The van der Waals surface area contributed by atoms with E-state index in [0.29, 0.717) is 0 Å². The summed E-state index contributed by atoms with van der Waals surface area (Å²) < 4.78 is 4.87. The summed E-state index contributed by atoms with van der Waals surface area (Å²) in [5, 5.41) is 2.01. The molecular weight excluding hydrogens is 182 g/mol. The Morgan fingerprint density at radius 1 is 1.57 bits per heavy atom. The number of nitrogens with zero attached hydrogens (tertiary/aromatic N) is 1. The number of hydrogen-bond acceptors (Lipinski definition) is 4. The number of hydrogen-bond donors (Lipinski definition) is 0. The van der Waals surface area contributed by atoms with Gasteiger partial charge in [-0.3, -0.25) is 9.63 Å². The summed E-state index contributed by atoms with van der Waals surface area (Å²) >= 11 is 0. The molecule has 0 N–H and O–H groups in total. The third-order valence-corrected chi connectivity index (χ3v) is 3.70. The molecule has 1 aliphatic carbocycles. The summed E-state index contributed by atoms with van der Waals surface area (Å²) in [6, 6.07) is 0.282. The zero-order valence-corrected chi connectivity index (χ0v) is 8.36. The highest BCUT2D eigenvalue weighted by atomic mass is 16.7. The molecule has 14 heavy (non-hydrogen) atoms. The molecule has 0 bridgehead atoms. The molecule has 1 spiro atoms. The Labute approximate surface area is 83.1 Å². The van der Waals surface area contributed by atoms with Crippen molar-refractivity contribution in [1.29, 1.82) is 0 Å². The molecule has 0 aromatic rings. The Morgan fingerprint density at radius 3 is 3.00 bits per heavy atom. The van der Waals surface area contributed by atoms with Gasteiger partial charge >= 0.3 is 5.97 Å². The first-order valence-corrected chi connectivity index (χ1v) is 5.30. The lowest BCUT2D eigenvalue weighted by molar-refractivity contribution is -0.164. The largest absolute Gasteiger partial charge is 0.469 e. The van der Waals surface area contributed by atoms with Crippen molar-refractivity contribution in [3.63, 3.8) is 0 Å². The fourth-order valence-electron chi connectivity index (χ4n) is 2.88. The molecule has 2 saturated heterocycles. The van der Waals surface area contributed by atoms with Gasteiger partial charge in [0.25, 0.3) is 0 Å². The molecule has 0 amide bonds. The number of hydroxylamine groups is 2. The van der Waals surface area contributed by atoms with Crippen LogP contribution in [0.4, 0.5) is 0 Å². The van der Waals surface area contributed by atoms with Crippen LogP contribution in [0.1, 0.15) is 25.7 Å². The minimum atomic E-state index is -0.168. The van der Waals surface area contributed by atoms with E-state index in [9.17, 15) is 4.79 Å². The maximum absolute atomic E-state index is 11.7. The molecule has 3 rings (SSSR count). The molecule has 78 valence electrons. The summed E-state index contributed by atoms with van der Waals surface area (Å²) in [6.07, 6.45) is 4.23. The summed E-state index contributed by atoms with van der Waals surface area (Å²) in [5.74, 6) is -0.119. The molecule has 3 fully saturated rings. The lowest BCUT2D eigenvalue weighted by Crippen LogP contribution is -2.34. The Hall–Kier alpha value is -0.610. The second kappa shape index (κ2) is 2.70. The van der Waals surface area contributed by atoms with E-state index in [1.165, 1.54) is 7.11 Å². The van der Waals surface area contributed by atoms with Gasteiger partial charge in [-0.2, -0.15) is 5.06 Å². The topological polar surface area (TPSA) is 38.8 Å². The van der Waals surface area contributed by atoms with E-state index in [2.05, 4.69) is 0 Å². The third-order valence-electron chi connectivity index (χ3n) is 3.70. The van der Waals surface area contributed by atoms with Gasteiger partial charge < -0.3 is 4.74 Å². The van der Waals surface area contributed by atoms with Crippen LogP contribution < -0.4 is 0 Å². The van der Waals surface area contributed by atoms with Crippen LogP contribution in [0, 0.1) is 5.92 Å². The van der Waals surface area contributed by atoms with Gasteiger partial charge in [0.05, 0.1) is 13.2 Å². The average molecular weight is 197 g/mol. The molecule has 4 nitrogen and oxygen atoms in total. The molecule has 0 aromatic heterocycles. The van der Waals surface area contributed by atoms with Gasteiger partial charge in [-0.1, -0.05) is 0 Å². The van der Waals surface area contributed by atoms with Crippen molar-refractivity contribution in [3.05, 3.63) is 0 Å². The second-order valence-electron chi connectivity index (χ2n) is 4.51. The maximum atomic E-state index is 11.7. The summed E-state index contributed by atoms with van der Waals surface area (Å²) in [4.78, 5) is 17.5. The highest BCUT2D eigenvalue weighted by Crippen LogP contribution is 2.56. The van der Waals surface area contributed by atoms with Crippen LogP contribution in [0.2, 0.25) is 0 Å². The van der Waals surface area contributed by atoms with Crippen LogP contribution in [-0.2, 0) is 14.4 Å². The predicted molar refractivity (Wildman–Crippen MR) is 48.3 cm³/mol. The Bertz CT molecular complexity index is 275. The lowest BCUT2D eigenvalue weighted by Gasteiger charge is -2.16. The first kappa shape index (κ1) is 8.68. The number of methoxy groups -OCH3 is 1. The molecule has 1 saturated carbocycles. The fraction of sp³-hybridized carbons (Fsp3) is 0.900. The first-order chi connectivity index (χ1) is 6.77. The number of carbonyl (C=O) groups excluding carboxylic acids is 1. The van der Waals surface area contributed by atoms with Crippen molar-refractivity contribution in [2.45, 2.75) is 37.3 Å². The number of carbonyl (C=O) groups is 1. The van der Waals surface area contributed by atoms with E-state index in [4.69, 9.17) is 9.57 Å². The van der Waals surface area contributed by atoms with Gasteiger partial charge in [0.1, 0.15) is 11.5 Å². The molecule has 3 aliphatic rings. The zero-order chi connectivity index (χ0) is 9.76. The van der Waals surface area contributed by atoms with Crippen molar-refractivity contribution in [1.82, 2.24) is 5.06 Å². The van der Waals surface area contributed by atoms with Crippen molar-refractivity contribution in [2.24, 2.45) is 5.92 Å². The highest BCUT2D eigenvalue weighted by Gasteiger charge is 2.65. The van der Waals surface area contributed by atoms with Crippen LogP contribution in [0.25, 0.3) is 0 Å². The van der Waals surface area contributed by atoms with Gasteiger partial charge in [0.2, 0.25) is 0 Å². The van der Waals surface area contributed by atoms with Crippen LogP contribution in [0.15, 0.2) is 0 Å². The van der Waals surface area contributed by atoms with Crippen LogP contribution in [-0.4, -0.2) is 36.3 Å². The summed E-state index contributed by atoms with van der Waals surface area (Å²) in [7, 11) is 1.47. The van der Waals surface area contributed by atoms with Gasteiger partial charge in [0.15, 0.2) is 0 Å². The molecular formula is C10H15NO3. The van der Waals surface area contributed by atoms with Gasteiger partial charge in [0, 0.05) is 6.54 Å². The quantitative estimate of drug-likeness (QED) is 0.580. The zero-order valence-electron chi connectivity index (χ0n) is 8.36. The SMILES string of the molecule is COC(=O)[C@@H]1[C@H]2CCCN2OC12CC2. The standard InChI is InChI=1S/C10H15NO3/c1-13-9(12)8-7-3-2-6-11(7)14-10(8)4-5-10/h7-8H,2-6H2,1H3/t7-,8+/m1/s1. The highest BCUT2D eigenvalue weighted by molar-refractivity contribution is 5.76. The molecule has 0 aromatic carbocycles. The molecule has 2 atom stereocenters. The van der Waals surface area contributed by atoms with E-state index in [1.807, 2.05) is 5.06 Å². The first-order valence-electron chi connectivity index (χ1n) is 5.30. The fourth-order valence-corrected chi connectivity index (χ4v) is 2.88. The number of esters is 1. The van der Waals surface area contributed by atoms with Crippen molar-refractivity contribution < 1.29 is 14.4 Å². The minimum Gasteiger partial charge on any atom is -0.469 e. The van der Waals surface area contributed by atoms with E-state index < -0.39 is 0 Å². The van der Waals surface area contributed by atoms with Crippen molar-refractivity contribution in [3.8, 4) is 0 Å². The number of ether oxygens (including phenoxy) is 1. The summed E-state index contributed by atoms with van der Waals surface area (Å²) in [6.45, 7) is 0.972. The smallest absolute Gasteiger partial charge is 0.313 e. The van der Waals surface area contributed by atoms with E-state index in [0.717, 1.165) is 32.2 Å². The number of fused-ring (bicyclic) bond motifs is 1. The predicted octanol–water partition coefficient (Wildman–Crippen LogP) is 0.718. The lowest BCUT2D eigenvalue weighted by atomic mass is 9.92. The number of rotatable bonds is 1. The van der Waals surface area contributed by atoms with E-state index in [1.54, 1.807) is 0 Å². The Kier molecular flexibility index (Phi) is 1.67. The van der Waals surface area contributed by atoms with E-state index >= 15 is 0 Å². The van der Waals surface area contributed by atoms with Gasteiger partial charge in [-0.25, -0.2) is 0 Å². The van der Waals surface area contributed by atoms with Crippen LogP contribution in [0.5, 0.6) is 0 Å². The molecule has 2 aliphatic heterocycles. The Balaban J connectivity index is 1.88. The Morgan fingerprint density at radius 2 is 2.36 bits per heavy atom.